The van der Waals surface area contributed by atoms with Crippen LogP contribution in [0.15, 0.2) is 84.9 Å². The lowest BCUT2D eigenvalue weighted by Crippen LogP contribution is -2.21. The second-order valence-corrected chi connectivity index (χ2v) is 7.04. The lowest BCUT2D eigenvalue weighted by atomic mass is 10.1. The quantitative estimate of drug-likeness (QED) is 0.287. The summed E-state index contributed by atoms with van der Waals surface area (Å²) < 4.78 is 21.0. The van der Waals surface area contributed by atoms with Crippen LogP contribution in [0, 0.1) is 0 Å². The Hall–Kier alpha value is -4.06. The van der Waals surface area contributed by atoms with Gasteiger partial charge in [0.15, 0.2) is 13.2 Å². The Kier molecular flexibility index (Phi) is 6.82. The molecule has 0 N–H and O–H groups in total. The van der Waals surface area contributed by atoms with Crippen LogP contribution < -0.4 is 9.47 Å². The molecule has 0 aromatic heterocycles. The molecule has 4 aromatic carbocycles. The molecule has 162 valence electrons. The predicted octanol–water partition coefficient (Wildman–Crippen LogP) is 4.54. The Morgan fingerprint density at radius 3 is 1.38 bits per heavy atom. The van der Waals surface area contributed by atoms with Gasteiger partial charge in [0.05, 0.1) is 0 Å². The summed E-state index contributed by atoms with van der Waals surface area (Å²) in [6, 6.07) is 26.9. The Labute approximate surface area is 185 Å². The van der Waals surface area contributed by atoms with Gasteiger partial charge in [-0.1, -0.05) is 60.7 Å². The van der Waals surface area contributed by atoms with Gasteiger partial charge in [-0.3, -0.25) is 0 Å². The zero-order chi connectivity index (χ0) is 22.2. The third kappa shape index (κ3) is 5.76. The average Bonchev–Trinajstić information content (AvgIpc) is 2.84. The second kappa shape index (κ2) is 10.3. The van der Waals surface area contributed by atoms with E-state index >= 15 is 0 Å². The fraction of sp³-hybridized carbons (Fsp3) is 0.154. The maximum atomic E-state index is 11.8. The number of benzene rings is 4. The molecular formula is C26H22O6. The Balaban J connectivity index is 1.12. The SMILES string of the molecule is O=C(COc1ccc2ccccc2c1)OCCOC(=O)COc1ccc2ccccc2c1. The highest BCUT2D eigenvalue weighted by Gasteiger charge is 2.08. The van der Waals surface area contributed by atoms with Crippen molar-refractivity contribution in [1.29, 1.82) is 0 Å². The van der Waals surface area contributed by atoms with Crippen molar-refractivity contribution in [3.8, 4) is 11.5 Å². The molecule has 0 aliphatic heterocycles. The molecule has 0 bridgehead atoms. The molecule has 0 amide bonds. The van der Waals surface area contributed by atoms with Crippen molar-refractivity contribution in [3.63, 3.8) is 0 Å². The smallest absolute Gasteiger partial charge is 0.344 e. The first-order valence-electron chi connectivity index (χ1n) is 10.2. The van der Waals surface area contributed by atoms with Crippen LogP contribution in [-0.4, -0.2) is 38.4 Å². The van der Waals surface area contributed by atoms with Gasteiger partial charge in [0.2, 0.25) is 0 Å². The third-order valence-corrected chi connectivity index (χ3v) is 4.76. The van der Waals surface area contributed by atoms with Crippen LogP contribution in [0.1, 0.15) is 0 Å². The summed E-state index contributed by atoms with van der Waals surface area (Å²) in [7, 11) is 0. The van der Waals surface area contributed by atoms with Gasteiger partial charge in [0.1, 0.15) is 24.7 Å². The molecule has 0 saturated carbocycles. The normalized spacial score (nSPS) is 10.6. The molecule has 0 spiro atoms. The van der Waals surface area contributed by atoms with Gasteiger partial charge in [-0.2, -0.15) is 0 Å². The number of esters is 2. The number of carbonyl (C=O) groups is 2. The Morgan fingerprint density at radius 1 is 0.531 bits per heavy atom. The number of ether oxygens (including phenoxy) is 4. The van der Waals surface area contributed by atoms with Crippen LogP contribution in [0.4, 0.5) is 0 Å². The third-order valence-electron chi connectivity index (χ3n) is 4.76. The van der Waals surface area contributed by atoms with Gasteiger partial charge in [-0.15, -0.1) is 0 Å². The zero-order valence-electron chi connectivity index (χ0n) is 17.4. The van der Waals surface area contributed by atoms with Crippen molar-refractivity contribution in [1.82, 2.24) is 0 Å². The van der Waals surface area contributed by atoms with Crippen molar-refractivity contribution in [2.75, 3.05) is 26.4 Å². The van der Waals surface area contributed by atoms with E-state index in [1.807, 2.05) is 72.8 Å². The molecule has 0 atom stereocenters. The summed E-state index contributed by atoms with van der Waals surface area (Å²) in [5.41, 5.74) is 0. The van der Waals surface area contributed by atoms with Crippen molar-refractivity contribution in [2.45, 2.75) is 0 Å². The molecule has 0 aliphatic rings. The highest BCUT2D eigenvalue weighted by molar-refractivity contribution is 5.84. The summed E-state index contributed by atoms with van der Waals surface area (Å²) in [4.78, 5) is 23.7. The van der Waals surface area contributed by atoms with Crippen LogP contribution in [0.3, 0.4) is 0 Å². The van der Waals surface area contributed by atoms with Crippen molar-refractivity contribution >= 4 is 33.5 Å². The van der Waals surface area contributed by atoms with E-state index < -0.39 is 11.9 Å². The van der Waals surface area contributed by atoms with Crippen molar-refractivity contribution < 1.29 is 28.5 Å². The molecule has 0 fully saturated rings. The lowest BCUT2D eigenvalue weighted by molar-refractivity contribution is -0.154. The summed E-state index contributed by atoms with van der Waals surface area (Å²) in [5, 5.41) is 4.23. The number of fused-ring (bicyclic) bond motifs is 2. The minimum absolute atomic E-state index is 0.0539. The van der Waals surface area contributed by atoms with Crippen LogP contribution in [0.2, 0.25) is 0 Å². The molecule has 0 saturated heterocycles. The van der Waals surface area contributed by atoms with Gasteiger partial charge in [-0.05, 0) is 45.8 Å². The van der Waals surface area contributed by atoms with E-state index in [9.17, 15) is 9.59 Å². The maximum Gasteiger partial charge on any atom is 0.344 e. The number of hydrogen-bond donors (Lipinski definition) is 0. The molecule has 4 rings (SSSR count). The van der Waals surface area contributed by atoms with E-state index in [0.717, 1.165) is 21.5 Å². The first kappa shape index (κ1) is 21.2. The van der Waals surface area contributed by atoms with Gasteiger partial charge >= 0.3 is 11.9 Å². The van der Waals surface area contributed by atoms with Crippen LogP contribution in [0.5, 0.6) is 11.5 Å². The Bertz CT molecular complexity index is 1140. The fourth-order valence-electron chi connectivity index (χ4n) is 3.19. The zero-order valence-corrected chi connectivity index (χ0v) is 17.4. The van der Waals surface area contributed by atoms with Crippen LogP contribution in [0.25, 0.3) is 21.5 Å². The van der Waals surface area contributed by atoms with E-state index in [1.54, 1.807) is 12.1 Å². The van der Waals surface area contributed by atoms with Gasteiger partial charge in [-0.25, -0.2) is 9.59 Å². The molecule has 0 aliphatic carbocycles. The molecule has 0 unspecified atom stereocenters. The molecule has 6 nitrogen and oxygen atoms in total. The monoisotopic (exact) mass is 430 g/mol. The molecular weight excluding hydrogens is 408 g/mol. The molecule has 32 heavy (non-hydrogen) atoms. The highest BCUT2D eigenvalue weighted by atomic mass is 16.6. The molecule has 0 heterocycles. The topological polar surface area (TPSA) is 71.1 Å². The Morgan fingerprint density at radius 2 is 0.938 bits per heavy atom. The molecule has 4 aromatic rings. The predicted molar refractivity (Wildman–Crippen MR) is 121 cm³/mol. The first-order valence-corrected chi connectivity index (χ1v) is 10.2. The summed E-state index contributed by atoms with van der Waals surface area (Å²) in [5.74, 6) is 0.0825. The number of hydrogen-bond acceptors (Lipinski definition) is 6. The molecule has 6 heteroatoms. The van der Waals surface area contributed by atoms with Crippen LogP contribution >= 0.6 is 0 Å². The minimum Gasteiger partial charge on any atom is -0.482 e. The second-order valence-electron chi connectivity index (χ2n) is 7.04. The van der Waals surface area contributed by atoms with Crippen molar-refractivity contribution in [3.05, 3.63) is 84.9 Å². The van der Waals surface area contributed by atoms with Gasteiger partial charge < -0.3 is 18.9 Å². The van der Waals surface area contributed by atoms with Crippen LogP contribution in [-0.2, 0) is 19.1 Å². The van der Waals surface area contributed by atoms with E-state index in [-0.39, 0.29) is 26.4 Å². The lowest BCUT2D eigenvalue weighted by Gasteiger charge is -2.09. The highest BCUT2D eigenvalue weighted by Crippen LogP contribution is 2.21. The van der Waals surface area contributed by atoms with Gasteiger partial charge in [0, 0.05) is 0 Å². The number of rotatable bonds is 9. The average molecular weight is 430 g/mol. The molecule has 0 radical (unpaired) electrons. The first-order chi connectivity index (χ1) is 15.7. The summed E-state index contributed by atoms with van der Waals surface area (Å²) in [6.07, 6.45) is 0. The number of carbonyl (C=O) groups excluding carboxylic acids is 2. The maximum absolute atomic E-state index is 11.8. The van der Waals surface area contributed by atoms with Crippen molar-refractivity contribution in [2.24, 2.45) is 0 Å². The van der Waals surface area contributed by atoms with E-state index in [0.29, 0.717) is 11.5 Å². The standard InChI is InChI=1S/C26H22O6/c27-25(17-31-23-11-9-19-5-1-3-7-21(19)15-23)29-13-14-30-26(28)18-32-24-12-10-20-6-2-4-8-22(20)16-24/h1-12,15-16H,13-14,17-18H2. The van der Waals surface area contributed by atoms with E-state index in [2.05, 4.69) is 0 Å². The minimum atomic E-state index is -0.540. The van der Waals surface area contributed by atoms with Gasteiger partial charge in [0.25, 0.3) is 0 Å². The summed E-state index contributed by atoms with van der Waals surface area (Å²) in [6.45, 7) is -0.558. The summed E-state index contributed by atoms with van der Waals surface area (Å²) >= 11 is 0. The van der Waals surface area contributed by atoms with E-state index in [1.165, 1.54) is 0 Å². The fourth-order valence-corrected chi connectivity index (χ4v) is 3.19. The van der Waals surface area contributed by atoms with E-state index in [4.69, 9.17) is 18.9 Å². The largest absolute Gasteiger partial charge is 0.482 e.